The zero-order valence-electron chi connectivity index (χ0n) is 19.8. The van der Waals surface area contributed by atoms with Crippen molar-refractivity contribution in [1.82, 2.24) is 4.57 Å². The van der Waals surface area contributed by atoms with Crippen LogP contribution in [0.2, 0.25) is 0 Å². The Kier molecular flexibility index (Phi) is 5.87. The molecule has 6 nitrogen and oxygen atoms in total. The van der Waals surface area contributed by atoms with Crippen molar-refractivity contribution in [1.29, 1.82) is 0 Å². The van der Waals surface area contributed by atoms with E-state index in [9.17, 15) is 9.59 Å². The van der Waals surface area contributed by atoms with Gasteiger partial charge in [0.15, 0.2) is 6.61 Å². The highest BCUT2D eigenvalue weighted by Gasteiger charge is 2.34. The first kappa shape index (κ1) is 22.5. The van der Waals surface area contributed by atoms with Gasteiger partial charge < -0.3 is 18.8 Å². The minimum Gasteiger partial charge on any atom is -0.497 e. The maximum Gasteiger partial charge on any atom is 0.318 e. The molecule has 3 aromatic carbocycles. The van der Waals surface area contributed by atoms with Crippen LogP contribution in [0.25, 0.3) is 5.69 Å². The molecule has 1 aliphatic heterocycles. The van der Waals surface area contributed by atoms with Crippen LogP contribution in [0, 0.1) is 13.8 Å². The molecule has 0 N–H and O–H groups in total. The molecule has 2 heterocycles. The molecule has 0 aliphatic carbocycles. The van der Waals surface area contributed by atoms with Crippen molar-refractivity contribution >= 4 is 11.8 Å². The molecule has 0 saturated carbocycles. The summed E-state index contributed by atoms with van der Waals surface area (Å²) in [6.07, 6.45) is 0. The largest absolute Gasteiger partial charge is 0.497 e. The van der Waals surface area contributed by atoms with E-state index in [0.717, 1.165) is 34.0 Å². The Labute approximate surface area is 203 Å². The van der Waals surface area contributed by atoms with E-state index in [1.165, 1.54) is 0 Å². The van der Waals surface area contributed by atoms with Crippen LogP contribution in [-0.2, 0) is 9.53 Å². The number of carbonyl (C=O) groups is 2. The molecule has 0 radical (unpaired) electrons. The number of nitrogens with zero attached hydrogens (tertiary/aromatic N) is 1. The van der Waals surface area contributed by atoms with E-state index >= 15 is 0 Å². The maximum atomic E-state index is 13.3. The fraction of sp³-hybridized carbons (Fsp3) is 0.172. The minimum absolute atomic E-state index is 0.250. The molecule has 0 fully saturated rings. The number of hydrogen-bond acceptors (Lipinski definition) is 5. The van der Waals surface area contributed by atoms with E-state index in [0.29, 0.717) is 17.1 Å². The third-order valence-corrected chi connectivity index (χ3v) is 6.32. The van der Waals surface area contributed by atoms with Crippen LogP contribution in [0.5, 0.6) is 17.2 Å². The highest BCUT2D eigenvalue weighted by Crippen LogP contribution is 2.44. The van der Waals surface area contributed by atoms with Gasteiger partial charge in [0.2, 0.25) is 5.78 Å². The number of benzene rings is 3. The Balaban J connectivity index is 1.37. The van der Waals surface area contributed by atoms with Crippen molar-refractivity contribution in [3.8, 4) is 22.9 Å². The SMILES string of the molecule is COc1ccc(-n2c(C)cc(C(=O)COC(=O)C3c4ccccc4Oc4ccccc43)c2C)cc1. The average molecular weight is 468 g/mol. The minimum atomic E-state index is -0.657. The van der Waals surface area contributed by atoms with E-state index in [4.69, 9.17) is 14.2 Å². The topological polar surface area (TPSA) is 66.8 Å². The summed E-state index contributed by atoms with van der Waals surface area (Å²) in [5, 5.41) is 0. The number of methoxy groups -OCH3 is 1. The molecule has 0 bridgehead atoms. The molecule has 5 rings (SSSR count). The summed E-state index contributed by atoms with van der Waals surface area (Å²) in [7, 11) is 1.62. The molecule has 0 amide bonds. The predicted molar refractivity (Wildman–Crippen MR) is 132 cm³/mol. The van der Waals surface area contributed by atoms with E-state index in [1.54, 1.807) is 7.11 Å². The highest BCUT2D eigenvalue weighted by molar-refractivity contribution is 6.00. The molecule has 6 heteroatoms. The maximum absolute atomic E-state index is 13.3. The van der Waals surface area contributed by atoms with E-state index in [2.05, 4.69) is 0 Å². The van der Waals surface area contributed by atoms with Gasteiger partial charge in [-0.15, -0.1) is 0 Å². The van der Waals surface area contributed by atoms with Crippen LogP contribution in [-0.4, -0.2) is 30.0 Å². The fourth-order valence-electron chi connectivity index (χ4n) is 4.64. The second kappa shape index (κ2) is 9.14. The number of para-hydroxylation sites is 2. The summed E-state index contributed by atoms with van der Waals surface area (Å²) in [6.45, 7) is 3.49. The molecular weight excluding hydrogens is 442 g/mol. The van der Waals surface area contributed by atoms with E-state index in [1.807, 2.05) is 97.3 Å². The standard InChI is InChI=1S/C29H25NO5/c1-18-16-24(19(2)30(18)20-12-14-21(33-3)15-13-20)25(31)17-34-29(32)28-22-8-4-6-10-26(22)35-27-11-7-5-9-23(27)28/h4-16,28H,17H2,1-3H3. The summed E-state index contributed by atoms with van der Waals surface area (Å²) in [4.78, 5) is 26.4. The summed E-state index contributed by atoms with van der Waals surface area (Å²) in [5.74, 6) is 0.599. The van der Waals surface area contributed by atoms with Crippen molar-refractivity contribution < 1.29 is 23.8 Å². The Hall–Kier alpha value is -4.32. The van der Waals surface area contributed by atoms with Gasteiger partial charge in [0.05, 0.1) is 7.11 Å². The number of esters is 1. The van der Waals surface area contributed by atoms with Crippen LogP contribution in [0.4, 0.5) is 0 Å². The molecule has 35 heavy (non-hydrogen) atoms. The number of fused-ring (bicyclic) bond motifs is 2. The third kappa shape index (κ3) is 4.08. The van der Waals surface area contributed by atoms with Crippen LogP contribution < -0.4 is 9.47 Å². The summed E-state index contributed by atoms with van der Waals surface area (Å²) in [5.41, 5.74) is 4.60. The van der Waals surface area contributed by atoms with Crippen molar-refractivity contribution in [3.63, 3.8) is 0 Å². The van der Waals surface area contributed by atoms with Crippen LogP contribution in [0.1, 0.15) is 38.8 Å². The Morgan fingerprint density at radius 2 is 1.49 bits per heavy atom. The quantitative estimate of drug-likeness (QED) is 0.266. The zero-order valence-corrected chi connectivity index (χ0v) is 19.8. The van der Waals surface area contributed by atoms with Crippen molar-refractivity contribution in [2.24, 2.45) is 0 Å². The van der Waals surface area contributed by atoms with Gasteiger partial charge in [-0.25, -0.2) is 0 Å². The number of Topliss-reactive ketones (excluding diaryl/α,β-unsaturated/α-hetero) is 1. The smallest absolute Gasteiger partial charge is 0.318 e. The van der Waals surface area contributed by atoms with Gasteiger partial charge in [-0.3, -0.25) is 9.59 Å². The fourth-order valence-corrected chi connectivity index (χ4v) is 4.64. The van der Waals surface area contributed by atoms with Gasteiger partial charge in [0.1, 0.15) is 23.2 Å². The lowest BCUT2D eigenvalue weighted by Crippen LogP contribution is -2.23. The van der Waals surface area contributed by atoms with Gasteiger partial charge >= 0.3 is 5.97 Å². The van der Waals surface area contributed by atoms with Gasteiger partial charge in [-0.05, 0) is 56.3 Å². The first-order valence-corrected chi connectivity index (χ1v) is 11.4. The first-order valence-electron chi connectivity index (χ1n) is 11.4. The molecule has 0 spiro atoms. The van der Waals surface area contributed by atoms with E-state index in [-0.39, 0.29) is 12.4 Å². The molecule has 1 aliphatic rings. The van der Waals surface area contributed by atoms with Crippen LogP contribution >= 0.6 is 0 Å². The number of aryl methyl sites for hydroxylation is 1. The number of hydrogen-bond donors (Lipinski definition) is 0. The second-order valence-electron chi connectivity index (χ2n) is 8.46. The number of carbonyl (C=O) groups excluding carboxylic acids is 2. The average Bonchev–Trinajstić information content (AvgIpc) is 3.19. The van der Waals surface area contributed by atoms with Gasteiger partial charge in [0, 0.05) is 33.8 Å². The Morgan fingerprint density at radius 1 is 0.886 bits per heavy atom. The van der Waals surface area contributed by atoms with Crippen molar-refractivity contribution in [3.05, 3.63) is 107 Å². The number of ketones is 1. The Morgan fingerprint density at radius 3 is 2.09 bits per heavy atom. The molecule has 0 atom stereocenters. The number of aromatic nitrogens is 1. The van der Waals surface area contributed by atoms with Crippen molar-refractivity contribution in [2.45, 2.75) is 19.8 Å². The lowest BCUT2D eigenvalue weighted by Gasteiger charge is -2.26. The Bertz CT molecular complexity index is 1370. The third-order valence-electron chi connectivity index (χ3n) is 6.32. The normalized spacial score (nSPS) is 12.3. The monoisotopic (exact) mass is 467 g/mol. The summed E-state index contributed by atoms with van der Waals surface area (Å²) < 4.78 is 18.8. The van der Waals surface area contributed by atoms with E-state index < -0.39 is 11.9 Å². The lowest BCUT2D eigenvalue weighted by molar-refractivity contribution is -0.143. The molecular formula is C29H25NO5. The number of rotatable bonds is 6. The molecule has 0 saturated heterocycles. The summed E-state index contributed by atoms with van der Waals surface area (Å²) in [6, 6.07) is 24.2. The van der Waals surface area contributed by atoms with Gasteiger partial charge in [0.25, 0.3) is 0 Å². The van der Waals surface area contributed by atoms with Gasteiger partial charge in [-0.2, -0.15) is 0 Å². The van der Waals surface area contributed by atoms with Crippen LogP contribution in [0.15, 0.2) is 78.9 Å². The zero-order chi connectivity index (χ0) is 24.5. The second-order valence-corrected chi connectivity index (χ2v) is 8.46. The summed E-state index contributed by atoms with van der Waals surface area (Å²) >= 11 is 0. The van der Waals surface area contributed by atoms with Gasteiger partial charge in [-0.1, -0.05) is 36.4 Å². The van der Waals surface area contributed by atoms with Crippen LogP contribution in [0.3, 0.4) is 0 Å². The lowest BCUT2D eigenvalue weighted by atomic mass is 9.88. The molecule has 176 valence electrons. The first-order chi connectivity index (χ1) is 17.0. The number of ether oxygens (including phenoxy) is 3. The molecule has 4 aromatic rings. The molecule has 1 aromatic heterocycles. The predicted octanol–water partition coefficient (Wildman–Crippen LogP) is 5.77. The highest BCUT2D eigenvalue weighted by atomic mass is 16.5. The van der Waals surface area contributed by atoms with Crippen molar-refractivity contribution in [2.75, 3.05) is 13.7 Å². The molecule has 0 unspecified atom stereocenters.